The molecule has 5 aromatic rings. The standard InChI is InChI=1S/C24H18N2/c1-17-9-12-19(13-10-17)26-23-8-3-2-6-20(23)21-16-18(11-14-24(21)26)22-7-4-5-15-25-22/h2-16H,1H3. The van der Waals surface area contributed by atoms with Gasteiger partial charge in [-0.2, -0.15) is 0 Å². The summed E-state index contributed by atoms with van der Waals surface area (Å²) in [5.41, 5.74) is 7.05. The monoisotopic (exact) mass is 334 g/mol. The van der Waals surface area contributed by atoms with Crippen LogP contribution in [0.15, 0.2) is 91.1 Å². The lowest BCUT2D eigenvalue weighted by Gasteiger charge is -2.08. The molecule has 0 aliphatic carbocycles. The third-order valence-corrected chi connectivity index (χ3v) is 4.93. The van der Waals surface area contributed by atoms with Crippen LogP contribution in [0.2, 0.25) is 0 Å². The van der Waals surface area contributed by atoms with Crippen LogP contribution in [0.5, 0.6) is 0 Å². The fourth-order valence-electron chi connectivity index (χ4n) is 3.64. The van der Waals surface area contributed by atoms with Gasteiger partial charge in [-0.1, -0.05) is 48.0 Å². The summed E-state index contributed by atoms with van der Waals surface area (Å²) in [4.78, 5) is 4.50. The van der Waals surface area contributed by atoms with Gasteiger partial charge in [-0.25, -0.2) is 0 Å². The van der Waals surface area contributed by atoms with E-state index in [1.165, 1.54) is 33.1 Å². The van der Waals surface area contributed by atoms with Gasteiger partial charge in [-0.3, -0.25) is 4.98 Å². The Kier molecular flexibility index (Phi) is 3.36. The van der Waals surface area contributed by atoms with Crippen LogP contribution in [-0.2, 0) is 0 Å². The van der Waals surface area contributed by atoms with Crippen LogP contribution >= 0.6 is 0 Å². The average Bonchev–Trinajstić information content (AvgIpc) is 3.03. The van der Waals surface area contributed by atoms with Crippen molar-refractivity contribution in [2.45, 2.75) is 6.92 Å². The third kappa shape index (κ3) is 2.31. The van der Waals surface area contributed by atoms with Gasteiger partial charge in [0.15, 0.2) is 0 Å². The SMILES string of the molecule is Cc1ccc(-n2c3ccccc3c3cc(-c4ccccn4)ccc32)cc1. The van der Waals surface area contributed by atoms with Crippen molar-refractivity contribution in [3.05, 3.63) is 96.7 Å². The molecule has 0 amide bonds. The number of pyridine rings is 1. The molecule has 0 atom stereocenters. The van der Waals surface area contributed by atoms with E-state index in [0.717, 1.165) is 11.3 Å². The molecule has 2 nitrogen and oxygen atoms in total. The molecule has 0 aliphatic rings. The van der Waals surface area contributed by atoms with Gasteiger partial charge in [0, 0.05) is 28.2 Å². The summed E-state index contributed by atoms with van der Waals surface area (Å²) in [6.07, 6.45) is 1.84. The molecule has 26 heavy (non-hydrogen) atoms. The van der Waals surface area contributed by atoms with Crippen LogP contribution in [0.25, 0.3) is 38.8 Å². The van der Waals surface area contributed by atoms with Crippen LogP contribution in [0.3, 0.4) is 0 Å². The molecule has 124 valence electrons. The Morgan fingerprint density at radius 3 is 2.27 bits per heavy atom. The fourth-order valence-corrected chi connectivity index (χ4v) is 3.64. The first-order valence-corrected chi connectivity index (χ1v) is 8.83. The summed E-state index contributed by atoms with van der Waals surface area (Å²) in [5.74, 6) is 0. The van der Waals surface area contributed by atoms with E-state index >= 15 is 0 Å². The first-order chi connectivity index (χ1) is 12.8. The van der Waals surface area contributed by atoms with Gasteiger partial charge >= 0.3 is 0 Å². The van der Waals surface area contributed by atoms with Crippen LogP contribution < -0.4 is 0 Å². The number of aromatic nitrogens is 2. The minimum absolute atomic E-state index is 1.00. The largest absolute Gasteiger partial charge is 0.309 e. The van der Waals surface area contributed by atoms with E-state index in [1.54, 1.807) is 0 Å². The van der Waals surface area contributed by atoms with E-state index in [4.69, 9.17) is 0 Å². The minimum Gasteiger partial charge on any atom is -0.309 e. The van der Waals surface area contributed by atoms with Crippen molar-refractivity contribution in [3.63, 3.8) is 0 Å². The second-order valence-corrected chi connectivity index (χ2v) is 6.64. The van der Waals surface area contributed by atoms with Gasteiger partial charge in [-0.15, -0.1) is 0 Å². The zero-order valence-electron chi connectivity index (χ0n) is 14.6. The van der Waals surface area contributed by atoms with Gasteiger partial charge in [-0.05, 0) is 49.4 Å². The Morgan fingerprint density at radius 2 is 1.46 bits per heavy atom. The summed E-state index contributed by atoms with van der Waals surface area (Å²) in [5, 5.41) is 2.52. The number of benzene rings is 3. The summed E-state index contributed by atoms with van der Waals surface area (Å²) >= 11 is 0. The maximum atomic E-state index is 4.50. The lowest BCUT2D eigenvalue weighted by atomic mass is 10.1. The van der Waals surface area contributed by atoms with E-state index in [2.05, 4.69) is 89.3 Å². The lowest BCUT2D eigenvalue weighted by molar-refractivity contribution is 1.17. The van der Waals surface area contributed by atoms with E-state index < -0.39 is 0 Å². The first kappa shape index (κ1) is 14.9. The Balaban J connectivity index is 1.83. The lowest BCUT2D eigenvalue weighted by Crippen LogP contribution is -1.93. The summed E-state index contributed by atoms with van der Waals surface area (Å²) in [6.45, 7) is 2.12. The number of hydrogen-bond acceptors (Lipinski definition) is 1. The van der Waals surface area contributed by atoms with Gasteiger partial charge in [0.05, 0.1) is 16.7 Å². The van der Waals surface area contributed by atoms with Crippen LogP contribution in [0.1, 0.15) is 5.56 Å². The van der Waals surface area contributed by atoms with Gasteiger partial charge in [0.25, 0.3) is 0 Å². The van der Waals surface area contributed by atoms with Gasteiger partial charge in [0.2, 0.25) is 0 Å². The molecule has 5 rings (SSSR count). The highest BCUT2D eigenvalue weighted by molar-refractivity contribution is 6.10. The highest BCUT2D eigenvalue weighted by Gasteiger charge is 2.13. The molecule has 0 spiro atoms. The highest BCUT2D eigenvalue weighted by atomic mass is 15.0. The molecule has 0 aliphatic heterocycles. The van der Waals surface area contributed by atoms with Crippen LogP contribution in [0.4, 0.5) is 0 Å². The molecule has 0 bridgehead atoms. The number of rotatable bonds is 2. The predicted molar refractivity (Wildman–Crippen MR) is 109 cm³/mol. The van der Waals surface area contributed by atoms with E-state index in [9.17, 15) is 0 Å². The maximum Gasteiger partial charge on any atom is 0.0702 e. The van der Waals surface area contributed by atoms with Crippen molar-refractivity contribution in [2.75, 3.05) is 0 Å². The number of para-hydroxylation sites is 1. The molecule has 2 aromatic heterocycles. The molecular weight excluding hydrogens is 316 g/mol. The smallest absolute Gasteiger partial charge is 0.0702 e. The maximum absolute atomic E-state index is 4.50. The molecule has 0 unspecified atom stereocenters. The fraction of sp³-hybridized carbons (Fsp3) is 0.0417. The highest BCUT2D eigenvalue weighted by Crippen LogP contribution is 2.34. The summed E-state index contributed by atoms with van der Waals surface area (Å²) in [7, 11) is 0. The molecule has 0 radical (unpaired) electrons. The predicted octanol–water partition coefficient (Wildman–Crippen LogP) is 6.15. The van der Waals surface area contributed by atoms with E-state index in [-0.39, 0.29) is 0 Å². The van der Waals surface area contributed by atoms with Crippen molar-refractivity contribution >= 4 is 21.8 Å². The Labute approximate surface area is 152 Å². The normalized spacial score (nSPS) is 11.3. The molecule has 0 N–H and O–H groups in total. The zero-order valence-corrected chi connectivity index (χ0v) is 14.6. The second-order valence-electron chi connectivity index (χ2n) is 6.64. The summed E-state index contributed by atoms with van der Waals surface area (Å²) < 4.78 is 2.34. The third-order valence-electron chi connectivity index (χ3n) is 4.93. The quantitative estimate of drug-likeness (QED) is 0.378. The van der Waals surface area contributed by atoms with Crippen LogP contribution in [0, 0.1) is 6.92 Å². The number of nitrogens with zero attached hydrogens (tertiary/aromatic N) is 2. The Hall–Kier alpha value is -3.39. The Bertz CT molecular complexity index is 1220. The number of hydrogen-bond donors (Lipinski definition) is 0. The second kappa shape index (κ2) is 5.85. The number of fused-ring (bicyclic) bond motifs is 3. The van der Waals surface area contributed by atoms with Crippen LogP contribution in [-0.4, -0.2) is 9.55 Å². The molecule has 0 saturated carbocycles. The van der Waals surface area contributed by atoms with Gasteiger partial charge in [0.1, 0.15) is 0 Å². The topological polar surface area (TPSA) is 17.8 Å². The molecule has 3 aromatic carbocycles. The molecule has 2 heteroatoms. The van der Waals surface area contributed by atoms with Crippen molar-refractivity contribution in [1.82, 2.24) is 9.55 Å². The van der Waals surface area contributed by atoms with E-state index in [0.29, 0.717) is 0 Å². The first-order valence-electron chi connectivity index (χ1n) is 8.83. The van der Waals surface area contributed by atoms with Crippen molar-refractivity contribution in [2.24, 2.45) is 0 Å². The van der Waals surface area contributed by atoms with Crippen molar-refractivity contribution in [1.29, 1.82) is 0 Å². The average molecular weight is 334 g/mol. The Morgan fingerprint density at radius 1 is 0.692 bits per heavy atom. The van der Waals surface area contributed by atoms with Crippen molar-refractivity contribution < 1.29 is 0 Å². The zero-order chi connectivity index (χ0) is 17.5. The van der Waals surface area contributed by atoms with Crippen molar-refractivity contribution in [3.8, 4) is 16.9 Å². The van der Waals surface area contributed by atoms with Gasteiger partial charge < -0.3 is 4.57 Å². The molecule has 0 fully saturated rings. The minimum atomic E-state index is 1.00. The molecular formula is C24H18N2. The molecule has 0 saturated heterocycles. The summed E-state index contributed by atoms with van der Waals surface area (Å²) in [6, 6.07) is 30.0. The molecule has 2 heterocycles. The number of aryl methyl sites for hydroxylation is 1. The van der Waals surface area contributed by atoms with E-state index in [1.807, 2.05) is 18.3 Å².